The van der Waals surface area contributed by atoms with Gasteiger partial charge in [-0.2, -0.15) is 0 Å². The molecule has 0 saturated heterocycles. The minimum Gasteiger partial charge on any atom is -0.372 e. The van der Waals surface area contributed by atoms with Gasteiger partial charge in [-0.15, -0.1) is 0 Å². The van der Waals surface area contributed by atoms with Gasteiger partial charge in [0.2, 0.25) is 0 Å². The fraction of sp³-hybridized carbons (Fsp3) is 0.0909. The Morgan fingerprint density at radius 2 is 2.07 bits per heavy atom. The van der Waals surface area contributed by atoms with Gasteiger partial charge in [-0.05, 0) is 29.0 Å². The average Bonchev–Trinajstić information content (AvgIpc) is 2.26. The lowest BCUT2D eigenvalue weighted by molar-refractivity contribution is 0.616. The quantitative estimate of drug-likeness (QED) is 0.773. The molecular weight excluding hydrogens is 210 g/mol. The first kappa shape index (κ1) is 9.98. The maximum absolute atomic E-state index is 10.4. The number of anilines is 1. The third-order valence-electron chi connectivity index (χ3n) is 2.07. The molecular formula is C11H10NO2S. The lowest BCUT2D eigenvalue weighted by Crippen LogP contribution is -2.02. The van der Waals surface area contributed by atoms with E-state index in [9.17, 15) is 8.42 Å². The highest BCUT2D eigenvalue weighted by molar-refractivity contribution is 7.72. The number of fused-ring (bicyclic) bond motifs is 1. The molecule has 0 spiro atoms. The van der Waals surface area contributed by atoms with Gasteiger partial charge in [-0.3, -0.25) is 0 Å². The van der Waals surface area contributed by atoms with Gasteiger partial charge in [0.1, 0.15) is 5.88 Å². The average molecular weight is 220 g/mol. The summed E-state index contributed by atoms with van der Waals surface area (Å²) in [4.78, 5) is 0. The van der Waals surface area contributed by atoms with Gasteiger partial charge in [-0.25, -0.2) is 8.42 Å². The van der Waals surface area contributed by atoms with E-state index in [0.29, 0.717) is 0 Å². The first-order valence-corrected chi connectivity index (χ1v) is 5.88. The Balaban J connectivity index is 2.30. The van der Waals surface area contributed by atoms with Crippen LogP contribution >= 0.6 is 0 Å². The molecule has 2 aromatic carbocycles. The molecule has 0 aliphatic carbocycles. The molecule has 0 unspecified atom stereocenters. The van der Waals surface area contributed by atoms with E-state index in [1.165, 1.54) is 0 Å². The van der Waals surface area contributed by atoms with Gasteiger partial charge < -0.3 is 5.32 Å². The van der Waals surface area contributed by atoms with E-state index in [1.807, 2.05) is 30.3 Å². The second-order valence-corrected chi connectivity index (χ2v) is 4.12. The molecule has 77 valence electrons. The summed E-state index contributed by atoms with van der Waals surface area (Å²) in [6, 6.07) is 14.6. The topological polar surface area (TPSA) is 46.2 Å². The number of hydrogen-bond acceptors (Lipinski definition) is 3. The van der Waals surface area contributed by atoms with Crippen molar-refractivity contribution in [2.45, 2.75) is 0 Å². The second kappa shape index (κ2) is 4.31. The molecule has 0 amide bonds. The monoisotopic (exact) mass is 220 g/mol. The van der Waals surface area contributed by atoms with Crippen LogP contribution in [0.1, 0.15) is 0 Å². The van der Waals surface area contributed by atoms with E-state index in [-0.39, 0.29) is 5.88 Å². The normalized spacial score (nSPS) is 10.7. The molecule has 0 aliphatic heterocycles. The molecule has 15 heavy (non-hydrogen) atoms. The first-order chi connectivity index (χ1) is 7.25. The molecule has 0 atom stereocenters. The predicted octanol–water partition coefficient (Wildman–Crippen LogP) is 1.62. The Hall–Kier alpha value is -1.55. The van der Waals surface area contributed by atoms with Crippen LogP contribution in [0, 0.1) is 6.07 Å². The Labute approximate surface area is 89.7 Å². The van der Waals surface area contributed by atoms with Crippen molar-refractivity contribution in [3.05, 3.63) is 42.5 Å². The summed E-state index contributed by atoms with van der Waals surface area (Å²) < 4.78 is 20.8. The first-order valence-electron chi connectivity index (χ1n) is 4.52. The Morgan fingerprint density at radius 1 is 1.27 bits per heavy atom. The van der Waals surface area contributed by atoms with Crippen LogP contribution in [-0.2, 0) is 10.7 Å². The molecule has 0 aliphatic rings. The van der Waals surface area contributed by atoms with E-state index in [2.05, 4.69) is 11.4 Å². The van der Waals surface area contributed by atoms with Gasteiger partial charge in [0.15, 0.2) is 10.7 Å². The molecule has 4 heteroatoms. The largest absolute Gasteiger partial charge is 0.372 e. The minimum absolute atomic E-state index is 0.0402. The summed E-state index contributed by atoms with van der Waals surface area (Å²) in [6.07, 6.45) is 0. The van der Waals surface area contributed by atoms with Crippen molar-refractivity contribution in [3.63, 3.8) is 0 Å². The lowest BCUT2D eigenvalue weighted by atomic mass is 10.1. The summed E-state index contributed by atoms with van der Waals surface area (Å²) in [7, 11) is -2.39. The summed E-state index contributed by atoms with van der Waals surface area (Å²) in [5, 5.41) is 4.88. The molecule has 3 nitrogen and oxygen atoms in total. The van der Waals surface area contributed by atoms with Crippen molar-refractivity contribution in [3.8, 4) is 0 Å². The van der Waals surface area contributed by atoms with Crippen LogP contribution in [0.15, 0.2) is 36.4 Å². The molecule has 2 rings (SSSR count). The maximum Gasteiger partial charge on any atom is 0.158 e. The zero-order valence-electron chi connectivity index (χ0n) is 7.93. The van der Waals surface area contributed by atoms with Crippen molar-refractivity contribution in [2.75, 3.05) is 11.2 Å². The minimum atomic E-state index is -2.39. The van der Waals surface area contributed by atoms with Crippen LogP contribution in [0.4, 0.5) is 5.69 Å². The van der Waals surface area contributed by atoms with Crippen LogP contribution in [-0.4, -0.2) is 14.3 Å². The van der Waals surface area contributed by atoms with Crippen molar-refractivity contribution in [1.82, 2.24) is 0 Å². The van der Waals surface area contributed by atoms with E-state index in [0.717, 1.165) is 16.5 Å². The van der Waals surface area contributed by atoms with Gasteiger partial charge >= 0.3 is 0 Å². The Kier molecular flexibility index (Phi) is 2.87. The predicted molar refractivity (Wildman–Crippen MR) is 61.6 cm³/mol. The van der Waals surface area contributed by atoms with Gasteiger partial charge in [-0.1, -0.05) is 24.3 Å². The summed E-state index contributed by atoms with van der Waals surface area (Å²) in [6.45, 7) is 0. The van der Waals surface area contributed by atoms with Crippen LogP contribution in [0.2, 0.25) is 0 Å². The number of nitrogens with one attached hydrogen (secondary N) is 1. The van der Waals surface area contributed by atoms with Crippen LogP contribution in [0.5, 0.6) is 0 Å². The Morgan fingerprint density at radius 3 is 2.87 bits per heavy atom. The number of thiol groups is 1. The third-order valence-corrected chi connectivity index (χ3v) is 2.48. The molecule has 0 bridgehead atoms. The zero-order chi connectivity index (χ0) is 10.7. The molecule has 0 aromatic heterocycles. The summed E-state index contributed by atoms with van der Waals surface area (Å²) in [5.74, 6) is -0.0402. The van der Waals surface area contributed by atoms with E-state index in [4.69, 9.17) is 0 Å². The molecule has 0 saturated carbocycles. The van der Waals surface area contributed by atoms with Crippen molar-refractivity contribution in [2.24, 2.45) is 0 Å². The molecule has 1 radical (unpaired) electrons. The summed E-state index contributed by atoms with van der Waals surface area (Å²) >= 11 is 0. The smallest absolute Gasteiger partial charge is 0.158 e. The number of benzene rings is 2. The van der Waals surface area contributed by atoms with Crippen LogP contribution in [0.25, 0.3) is 10.8 Å². The standard InChI is InChI=1S/C11H10NO2S/c13-15(14)8-12-11-6-5-9-3-1-2-4-10(9)7-11/h1-4,6-7,12,15H,8H2. The number of hydrogen-bond donors (Lipinski definition) is 2. The fourth-order valence-electron chi connectivity index (χ4n) is 1.38. The second-order valence-electron chi connectivity index (χ2n) is 3.14. The highest BCUT2D eigenvalue weighted by Gasteiger charge is 1.95. The zero-order valence-corrected chi connectivity index (χ0v) is 8.83. The fourth-order valence-corrected chi connectivity index (χ4v) is 1.69. The molecule has 0 fully saturated rings. The van der Waals surface area contributed by atoms with Gasteiger partial charge in [0.05, 0.1) is 0 Å². The van der Waals surface area contributed by atoms with Crippen LogP contribution < -0.4 is 5.32 Å². The van der Waals surface area contributed by atoms with E-state index in [1.54, 1.807) is 6.07 Å². The van der Waals surface area contributed by atoms with Gasteiger partial charge in [0.25, 0.3) is 0 Å². The summed E-state index contributed by atoms with van der Waals surface area (Å²) in [5.41, 5.74) is 0.771. The molecule has 2 aromatic rings. The van der Waals surface area contributed by atoms with E-state index >= 15 is 0 Å². The van der Waals surface area contributed by atoms with Gasteiger partial charge in [0, 0.05) is 5.69 Å². The lowest BCUT2D eigenvalue weighted by Gasteiger charge is -2.03. The molecule has 0 heterocycles. The third kappa shape index (κ3) is 2.47. The Bertz CT molecular complexity index is 541. The number of rotatable bonds is 3. The van der Waals surface area contributed by atoms with Crippen molar-refractivity contribution < 1.29 is 8.42 Å². The SMILES string of the molecule is O=[SH](=O)CNc1c[c]c2ccccc2c1. The van der Waals surface area contributed by atoms with Crippen LogP contribution in [0.3, 0.4) is 0 Å². The highest BCUT2D eigenvalue weighted by Crippen LogP contribution is 2.17. The van der Waals surface area contributed by atoms with Crippen molar-refractivity contribution in [1.29, 1.82) is 0 Å². The molecule has 1 N–H and O–H groups in total. The highest BCUT2D eigenvalue weighted by atomic mass is 32.2. The van der Waals surface area contributed by atoms with E-state index < -0.39 is 10.7 Å². The van der Waals surface area contributed by atoms with Crippen molar-refractivity contribution >= 4 is 27.2 Å². The maximum atomic E-state index is 10.4.